The van der Waals surface area contributed by atoms with E-state index >= 15 is 0 Å². The van der Waals surface area contributed by atoms with Crippen molar-refractivity contribution in [2.45, 2.75) is 38.9 Å². The van der Waals surface area contributed by atoms with Crippen molar-refractivity contribution in [3.8, 4) is 0 Å². The average molecular weight is 204 g/mol. The summed E-state index contributed by atoms with van der Waals surface area (Å²) in [5, 5.41) is 0. The highest BCUT2D eigenvalue weighted by Gasteiger charge is 2.26. The SMILES string of the molecule is Cc1ccc(C2CCC(C=O)O2)c(C)c1. The lowest BCUT2D eigenvalue weighted by molar-refractivity contribution is -0.117. The van der Waals surface area contributed by atoms with Crippen LogP contribution in [0.1, 0.15) is 35.6 Å². The summed E-state index contributed by atoms with van der Waals surface area (Å²) in [5.74, 6) is 0. The number of rotatable bonds is 2. The molecular formula is C13H16O2. The topological polar surface area (TPSA) is 26.3 Å². The second-order valence-corrected chi connectivity index (χ2v) is 4.24. The van der Waals surface area contributed by atoms with Crippen molar-refractivity contribution in [2.75, 3.05) is 0 Å². The molecule has 2 nitrogen and oxygen atoms in total. The molecule has 2 atom stereocenters. The van der Waals surface area contributed by atoms with Crippen LogP contribution in [0.2, 0.25) is 0 Å². The van der Waals surface area contributed by atoms with E-state index in [-0.39, 0.29) is 12.2 Å². The van der Waals surface area contributed by atoms with Gasteiger partial charge in [0.05, 0.1) is 6.10 Å². The number of aldehydes is 1. The van der Waals surface area contributed by atoms with Crippen molar-refractivity contribution in [1.29, 1.82) is 0 Å². The molecule has 15 heavy (non-hydrogen) atoms. The van der Waals surface area contributed by atoms with Gasteiger partial charge >= 0.3 is 0 Å². The zero-order valence-electron chi connectivity index (χ0n) is 9.19. The van der Waals surface area contributed by atoms with Crippen LogP contribution in [0, 0.1) is 13.8 Å². The maximum absolute atomic E-state index is 10.6. The molecule has 1 aliphatic heterocycles. The normalized spacial score (nSPS) is 25.5. The second kappa shape index (κ2) is 4.15. The van der Waals surface area contributed by atoms with Crippen LogP contribution in [0.5, 0.6) is 0 Å². The Bertz CT molecular complexity index is 371. The Morgan fingerprint density at radius 3 is 2.73 bits per heavy atom. The number of hydrogen-bond donors (Lipinski definition) is 0. The minimum absolute atomic E-state index is 0.112. The number of carbonyl (C=O) groups is 1. The molecule has 0 saturated carbocycles. The fraction of sp³-hybridized carbons (Fsp3) is 0.462. The Morgan fingerprint density at radius 2 is 2.13 bits per heavy atom. The van der Waals surface area contributed by atoms with Gasteiger partial charge in [-0.05, 0) is 37.8 Å². The first-order valence-electron chi connectivity index (χ1n) is 5.38. The van der Waals surface area contributed by atoms with Gasteiger partial charge in [0, 0.05) is 0 Å². The first kappa shape index (κ1) is 10.4. The summed E-state index contributed by atoms with van der Waals surface area (Å²) in [6.45, 7) is 4.18. The molecule has 1 aromatic carbocycles. The Labute approximate surface area is 90.3 Å². The van der Waals surface area contributed by atoms with Crippen molar-refractivity contribution in [1.82, 2.24) is 0 Å². The van der Waals surface area contributed by atoms with E-state index in [9.17, 15) is 4.79 Å². The third-order valence-electron chi connectivity index (χ3n) is 2.98. The molecule has 80 valence electrons. The molecule has 2 unspecified atom stereocenters. The van der Waals surface area contributed by atoms with Gasteiger partial charge in [0.1, 0.15) is 12.4 Å². The Balaban J connectivity index is 2.20. The number of ether oxygens (including phenoxy) is 1. The van der Waals surface area contributed by atoms with Crippen LogP contribution < -0.4 is 0 Å². The van der Waals surface area contributed by atoms with Crippen LogP contribution in [-0.4, -0.2) is 12.4 Å². The summed E-state index contributed by atoms with van der Waals surface area (Å²) in [5.41, 5.74) is 3.75. The maximum atomic E-state index is 10.6. The highest BCUT2D eigenvalue weighted by Crippen LogP contribution is 2.33. The van der Waals surface area contributed by atoms with Crippen molar-refractivity contribution in [3.05, 3.63) is 34.9 Å². The summed E-state index contributed by atoms with van der Waals surface area (Å²) < 4.78 is 5.65. The Kier molecular flexibility index (Phi) is 2.87. The molecule has 1 aliphatic rings. The van der Waals surface area contributed by atoms with Gasteiger partial charge in [-0.3, -0.25) is 0 Å². The van der Waals surface area contributed by atoms with E-state index in [4.69, 9.17) is 4.74 Å². The summed E-state index contributed by atoms with van der Waals surface area (Å²) in [4.78, 5) is 10.6. The summed E-state index contributed by atoms with van der Waals surface area (Å²) >= 11 is 0. The standard InChI is InChI=1S/C13H16O2/c1-9-3-5-12(10(2)7-9)13-6-4-11(8-14)15-13/h3,5,7-8,11,13H,4,6H2,1-2H3. The summed E-state index contributed by atoms with van der Waals surface area (Å²) in [6, 6.07) is 6.37. The van der Waals surface area contributed by atoms with Crippen LogP contribution in [0.25, 0.3) is 0 Å². The molecule has 1 heterocycles. The van der Waals surface area contributed by atoms with E-state index in [2.05, 4.69) is 32.0 Å². The van der Waals surface area contributed by atoms with Gasteiger partial charge in [-0.25, -0.2) is 0 Å². The van der Waals surface area contributed by atoms with Gasteiger partial charge < -0.3 is 9.53 Å². The molecule has 0 radical (unpaired) electrons. The van der Waals surface area contributed by atoms with Gasteiger partial charge in [-0.1, -0.05) is 23.8 Å². The quantitative estimate of drug-likeness (QED) is 0.692. The van der Waals surface area contributed by atoms with Crippen LogP contribution in [-0.2, 0) is 9.53 Å². The summed E-state index contributed by atoms with van der Waals surface area (Å²) in [7, 11) is 0. The maximum Gasteiger partial charge on any atom is 0.148 e. The molecule has 1 saturated heterocycles. The van der Waals surface area contributed by atoms with Gasteiger partial charge in [0.25, 0.3) is 0 Å². The molecule has 1 aromatic rings. The average Bonchev–Trinajstić information content (AvgIpc) is 2.66. The fourth-order valence-corrected chi connectivity index (χ4v) is 2.18. The molecule has 0 aliphatic carbocycles. The monoisotopic (exact) mass is 204 g/mol. The third kappa shape index (κ3) is 2.10. The van der Waals surface area contributed by atoms with E-state index in [1.807, 2.05) is 0 Å². The Hall–Kier alpha value is -1.15. The van der Waals surface area contributed by atoms with Gasteiger partial charge in [0.2, 0.25) is 0 Å². The zero-order chi connectivity index (χ0) is 10.8. The molecule has 0 amide bonds. The molecular weight excluding hydrogens is 188 g/mol. The lowest BCUT2D eigenvalue weighted by atomic mass is 9.99. The minimum atomic E-state index is -0.198. The number of aryl methyl sites for hydroxylation is 2. The van der Waals surface area contributed by atoms with Crippen LogP contribution in [0.4, 0.5) is 0 Å². The molecule has 1 fully saturated rings. The predicted molar refractivity (Wildman–Crippen MR) is 58.8 cm³/mol. The van der Waals surface area contributed by atoms with E-state index in [0.717, 1.165) is 19.1 Å². The lowest BCUT2D eigenvalue weighted by Gasteiger charge is -2.14. The van der Waals surface area contributed by atoms with Crippen LogP contribution in [0.15, 0.2) is 18.2 Å². The van der Waals surface area contributed by atoms with Crippen molar-refractivity contribution >= 4 is 6.29 Å². The first-order valence-corrected chi connectivity index (χ1v) is 5.38. The van der Waals surface area contributed by atoms with E-state index in [1.54, 1.807) is 0 Å². The minimum Gasteiger partial charge on any atom is -0.363 e. The molecule has 0 spiro atoms. The molecule has 0 bridgehead atoms. The third-order valence-corrected chi connectivity index (χ3v) is 2.98. The second-order valence-electron chi connectivity index (χ2n) is 4.24. The van der Waals surface area contributed by atoms with Gasteiger partial charge in [0.15, 0.2) is 0 Å². The van der Waals surface area contributed by atoms with Crippen molar-refractivity contribution < 1.29 is 9.53 Å². The van der Waals surface area contributed by atoms with E-state index in [1.165, 1.54) is 16.7 Å². The smallest absolute Gasteiger partial charge is 0.148 e. The first-order chi connectivity index (χ1) is 7.20. The van der Waals surface area contributed by atoms with Gasteiger partial charge in [-0.2, -0.15) is 0 Å². The van der Waals surface area contributed by atoms with Crippen molar-refractivity contribution in [3.63, 3.8) is 0 Å². The van der Waals surface area contributed by atoms with Crippen molar-refractivity contribution in [2.24, 2.45) is 0 Å². The van der Waals surface area contributed by atoms with Crippen LogP contribution >= 0.6 is 0 Å². The summed E-state index contributed by atoms with van der Waals surface area (Å²) in [6.07, 6.45) is 2.62. The molecule has 2 rings (SSSR count). The molecule has 0 aromatic heterocycles. The van der Waals surface area contributed by atoms with Gasteiger partial charge in [-0.15, -0.1) is 0 Å². The highest BCUT2D eigenvalue weighted by molar-refractivity contribution is 5.56. The molecule has 2 heteroatoms. The molecule has 0 N–H and O–H groups in total. The van der Waals surface area contributed by atoms with Crippen LogP contribution in [0.3, 0.4) is 0 Å². The van der Waals surface area contributed by atoms with E-state index in [0.29, 0.717) is 0 Å². The largest absolute Gasteiger partial charge is 0.363 e. The Morgan fingerprint density at radius 1 is 1.33 bits per heavy atom. The number of benzene rings is 1. The highest BCUT2D eigenvalue weighted by atomic mass is 16.5. The van der Waals surface area contributed by atoms with E-state index < -0.39 is 0 Å². The predicted octanol–water partition coefficient (Wildman–Crippen LogP) is 2.72. The number of carbonyl (C=O) groups excluding carboxylic acids is 1. The fourth-order valence-electron chi connectivity index (χ4n) is 2.18. The zero-order valence-corrected chi connectivity index (χ0v) is 9.19. The number of hydrogen-bond acceptors (Lipinski definition) is 2. The lowest BCUT2D eigenvalue weighted by Crippen LogP contribution is -2.07.